The number of nitrogens with zero attached hydrogens (tertiary/aromatic N) is 1. The van der Waals surface area contributed by atoms with Crippen LogP contribution >= 0.6 is 12.6 Å². The van der Waals surface area contributed by atoms with Crippen LogP contribution in [0.4, 0.5) is 0 Å². The van der Waals surface area contributed by atoms with E-state index in [4.69, 9.17) is 10.8 Å². The highest BCUT2D eigenvalue weighted by atomic mass is 32.1. The molecular weight excluding hydrogens is 258 g/mol. The van der Waals surface area contributed by atoms with E-state index in [1.165, 1.54) is 4.90 Å². The van der Waals surface area contributed by atoms with Gasteiger partial charge in [0.25, 0.3) is 0 Å². The van der Waals surface area contributed by atoms with Gasteiger partial charge < -0.3 is 21.1 Å². The van der Waals surface area contributed by atoms with Gasteiger partial charge in [-0.3, -0.25) is 9.59 Å². The summed E-state index contributed by atoms with van der Waals surface area (Å²) in [6, 6.07) is -1.55. The third-order valence-corrected chi connectivity index (χ3v) is 3.20. The van der Waals surface area contributed by atoms with Gasteiger partial charge in [0, 0.05) is 12.3 Å². The lowest BCUT2D eigenvalue weighted by molar-refractivity contribution is -0.148. The molecule has 1 aliphatic heterocycles. The maximum atomic E-state index is 11.8. The van der Waals surface area contributed by atoms with Gasteiger partial charge in [-0.1, -0.05) is 0 Å². The first-order chi connectivity index (χ1) is 8.47. The van der Waals surface area contributed by atoms with Gasteiger partial charge in [0.2, 0.25) is 11.8 Å². The smallest absolute Gasteiger partial charge is 0.326 e. The molecule has 0 aromatic heterocycles. The molecule has 0 spiro atoms. The molecule has 1 aliphatic rings. The molecule has 0 aromatic rings. The molecule has 0 bridgehead atoms. The number of carboxylic acids is 1. The van der Waals surface area contributed by atoms with Gasteiger partial charge >= 0.3 is 5.97 Å². The van der Waals surface area contributed by atoms with E-state index in [2.05, 4.69) is 17.9 Å². The Morgan fingerprint density at radius 1 is 1.50 bits per heavy atom. The zero-order valence-electron chi connectivity index (χ0n) is 9.83. The van der Waals surface area contributed by atoms with E-state index in [9.17, 15) is 14.4 Å². The second-order valence-corrected chi connectivity index (χ2v) is 4.46. The Morgan fingerprint density at radius 2 is 2.17 bits per heavy atom. The molecule has 0 aliphatic carbocycles. The van der Waals surface area contributed by atoms with Crippen LogP contribution in [0.15, 0.2) is 0 Å². The Morgan fingerprint density at radius 3 is 2.72 bits per heavy atom. The third kappa shape index (κ3) is 3.61. The molecule has 8 heteroatoms. The van der Waals surface area contributed by atoms with E-state index in [0.717, 1.165) is 0 Å². The lowest BCUT2D eigenvalue weighted by Crippen LogP contribution is -2.49. The number of carbonyl (C=O) groups excluding carboxylic acids is 2. The number of rotatable bonds is 5. The van der Waals surface area contributed by atoms with Gasteiger partial charge in [-0.15, -0.1) is 0 Å². The first kappa shape index (κ1) is 14.8. The van der Waals surface area contributed by atoms with Crippen molar-refractivity contribution in [3.8, 4) is 0 Å². The summed E-state index contributed by atoms with van der Waals surface area (Å²) >= 11 is 3.87. The van der Waals surface area contributed by atoms with E-state index in [-0.39, 0.29) is 12.3 Å². The average Bonchev–Trinajstić information content (AvgIpc) is 2.83. The van der Waals surface area contributed by atoms with Crippen molar-refractivity contribution in [3.05, 3.63) is 0 Å². The lowest BCUT2D eigenvalue weighted by atomic mass is 10.2. The van der Waals surface area contributed by atoms with Crippen molar-refractivity contribution >= 4 is 30.4 Å². The molecule has 1 rings (SSSR count). The number of hydrogen-bond acceptors (Lipinski definition) is 5. The number of aliphatic carboxylic acids is 1. The molecule has 7 nitrogen and oxygen atoms in total. The molecule has 0 radical (unpaired) electrons. The Hall–Kier alpha value is -1.28. The van der Waals surface area contributed by atoms with Gasteiger partial charge in [0.1, 0.15) is 6.04 Å². The van der Waals surface area contributed by atoms with Crippen molar-refractivity contribution in [3.63, 3.8) is 0 Å². The molecule has 1 heterocycles. The fourth-order valence-corrected chi connectivity index (χ4v) is 1.97. The SMILES string of the molecule is N[C@@H](CS)C(=O)NCC(=O)N1CCC[C@H]1C(=O)O. The van der Waals surface area contributed by atoms with Gasteiger partial charge in [-0.05, 0) is 12.8 Å². The van der Waals surface area contributed by atoms with Crippen LogP contribution < -0.4 is 11.1 Å². The molecule has 18 heavy (non-hydrogen) atoms. The van der Waals surface area contributed by atoms with Crippen molar-refractivity contribution in [2.24, 2.45) is 5.73 Å². The highest BCUT2D eigenvalue weighted by Gasteiger charge is 2.33. The number of hydrogen-bond donors (Lipinski definition) is 4. The Kier molecular flexibility index (Phi) is 5.42. The Labute approximate surface area is 110 Å². The molecular formula is C10H17N3O4S. The molecule has 102 valence electrons. The summed E-state index contributed by atoms with van der Waals surface area (Å²) < 4.78 is 0. The van der Waals surface area contributed by atoms with Crippen LogP contribution in [0.2, 0.25) is 0 Å². The predicted octanol–water partition coefficient (Wildman–Crippen LogP) is -1.56. The summed E-state index contributed by atoms with van der Waals surface area (Å²) in [6.45, 7) is 0.175. The summed E-state index contributed by atoms with van der Waals surface area (Å²) in [7, 11) is 0. The highest BCUT2D eigenvalue weighted by molar-refractivity contribution is 7.80. The van der Waals surface area contributed by atoms with Crippen LogP contribution in [0.25, 0.3) is 0 Å². The summed E-state index contributed by atoms with van der Waals surface area (Å²) in [6.07, 6.45) is 1.11. The molecule has 0 saturated carbocycles. The van der Waals surface area contributed by atoms with Crippen molar-refractivity contribution < 1.29 is 19.5 Å². The molecule has 2 atom stereocenters. The second-order valence-electron chi connectivity index (χ2n) is 4.09. The van der Waals surface area contributed by atoms with Crippen LogP contribution in [-0.2, 0) is 14.4 Å². The van der Waals surface area contributed by atoms with Crippen molar-refractivity contribution in [2.45, 2.75) is 24.9 Å². The zero-order valence-corrected chi connectivity index (χ0v) is 10.7. The minimum absolute atomic E-state index is 0.182. The first-order valence-corrected chi connectivity index (χ1v) is 6.27. The molecule has 1 saturated heterocycles. The topological polar surface area (TPSA) is 113 Å². The first-order valence-electron chi connectivity index (χ1n) is 5.63. The largest absolute Gasteiger partial charge is 0.480 e. The Bertz CT molecular complexity index is 350. The quantitative estimate of drug-likeness (QED) is 0.453. The average molecular weight is 275 g/mol. The van der Waals surface area contributed by atoms with Crippen LogP contribution in [0.1, 0.15) is 12.8 Å². The second kappa shape index (κ2) is 6.60. The molecule has 1 fully saturated rings. The number of amides is 2. The summed E-state index contributed by atoms with van der Waals surface area (Å²) in [4.78, 5) is 35.3. The van der Waals surface area contributed by atoms with E-state index in [1.807, 2.05) is 0 Å². The number of carboxylic acid groups (broad SMARTS) is 1. The van der Waals surface area contributed by atoms with Crippen LogP contribution in [0, 0.1) is 0 Å². The van der Waals surface area contributed by atoms with E-state index in [0.29, 0.717) is 19.4 Å². The lowest BCUT2D eigenvalue weighted by Gasteiger charge is -2.21. The number of likely N-dealkylation sites (tertiary alicyclic amines) is 1. The van der Waals surface area contributed by atoms with Crippen LogP contribution in [0.5, 0.6) is 0 Å². The summed E-state index contributed by atoms with van der Waals surface area (Å²) in [5.41, 5.74) is 5.42. The van der Waals surface area contributed by atoms with Crippen molar-refractivity contribution in [1.29, 1.82) is 0 Å². The van der Waals surface area contributed by atoms with E-state index in [1.54, 1.807) is 0 Å². The summed E-state index contributed by atoms with van der Waals surface area (Å²) in [5, 5.41) is 11.3. The fraction of sp³-hybridized carbons (Fsp3) is 0.700. The third-order valence-electron chi connectivity index (χ3n) is 2.81. The number of carbonyl (C=O) groups is 3. The highest BCUT2D eigenvalue weighted by Crippen LogP contribution is 2.17. The molecule has 4 N–H and O–H groups in total. The predicted molar refractivity (Wildman–Crippen MR) is 67.2 cm³/mol. The monoisotopic (exact) mass is 275 g/mol. The standard InChI is InChI=1S/C10H17N3O4S/c11-6(5-18)9(15)12-4-8(14)13-3-1-2-7(13)10(16)17/h6-7,18H,1-5,11H2,(H,12,15)(H,16,17)/t6-,7-/m0/s1. The van der Waals surface area contributed by atoms with Crippen LogP contribution in [-0.4, -0.2) is 58.7 Å². The fourth-order valence-electron chi connectivity index (χ4n) is 1.80. The maximum Gasteiger partial charge on any atom is 0.326 e. The molecule has 0 unspecified atom stereocenters. The summed E-state index contributed by atoms with van der Waals surface area (Å²) in [5.74, 6) is -1.70. The zero-order chi connectivity index (χ0) is 13.7. The van der Waals surface area contributed by atoms with Crippen molar-refractivity contribution in [1.82, 2.24) is 10.2 Å². The van der Waals surface area contributed by atoms with E-state index < -0.39 is 29.9 Å². The molecule has 2 amide bonds. The minimum atomic E-state index is -1.01. The number of nitrogens with two attached hydrogens (primary N) is 1. The normalized spacial score (nSPS) is 20.6. The minimum Gasteiger partial charge on any atom is -0.480 e. The van der Waals surface area contributed by atoms with E-state index >= 15 is 0 Å². The van der Waals surface area contributed by atoms with Gasteiger partial charge in [0.05, 0.1) is 12.6 Å². The van der Waals surface area contributed by atoms with Crippen molar-refractivity contribution in [2.75, 3.05) is 18.8 Å². The van der Waals surface area contributed by atoms with Crippen LogP contribution in [0.3, 0.4) is 0 Å². The number of thiol groups is 1. The van der Waals surface area contributed by atoms with Gasteiger partial charge in [0.15, 0.2) is 0 Å². The molecule has 0 aromatic carbocycles. The Balaban J connectivity index is 2.46. The van der Waals surface area contributed by atoms with Gasteiger partial charge in [-0.25, -0.2) is 4.79 Å². The van der Waals surface area contributed by atoms with Gasteiger partial charge in [-0.2, -0.15) is 12.6 Å². The maximum absolute atomic E-state index is 11.8. The number of nitrogens with one attached hydrogen (secondary N) is 1.